The van der Waals surface area contributed by atoms with Gasteiger partial charge < -0.3 is 14.8 Å². The van der Waals surface area contributed by atoms with Crippen LogP contribution in [0.5, 0.6) is 0 Å². The van der Waals surface area contributed by atoms with E-state index in [1.165, 1.54) is 0 Å². The third kappa shape index (κ3) is 3.84. The van der Waals surface area contributed by atoms with E-state index in [1.807, 2.05) is 43.5 Å². The third-order valence-electron chi connectivity index (χ3n) is 3.17. The van der Waals surface area contributed by atoms with E-state index in [2.05, 4.69) is 10.3 Å². The Labute approximate surface area is 109 Å². The van der Waals surface area contributed by atoms with Crippen molar-refractivity contribution in [1.29, 1.82) is 0 Å². The highest BCUT2D eigenvalue weighted by atomic mass is 16.2. The molecule has 5 nitrogen and oxygen atoms in total. The van der Waals surface area contributed by atoms with Crippen LogP contribution in [-0.4, -0.2) is 46.0 Å². The van der Waals surface area contributed by atoms with E-state index in [0.717, 1.165) is 31.9 Å². The summed E-state index contributed by atoms with van der Waals surface area (Å²) in [6, 6.07) is -0.134. The largest absolute Gasteiger partial charge is 0.342 e. The lowest BCUT2D eigenvalue weighted by molar-refractivity contribution is -0.132. The minimum Gasteiger partial charge on any atom is -0.342 e. The van der Waals surface area contributed by atoms with Crippen LogP contribution >= 0.6 is 0 Å². The number of aromatic nitrogens is 2. The van der Waals surface area contributed by atoms with Gasteiger partial charge >= 0.3 is 0 Å². The fourth-order valence-corrected chi connectivity index (χ4v) is 1.93. The molecule has 0 aliphatic carbocycles. The van der Waals surface area contributed by atoms with E-state index >= 15 is 0 Å². The zero-order valence-electron chi connectivity index (χ0n) is 11.8. The summed E-state index contributed by atoms with van der Waals surface area (Å²) in [7, 11) is 1.98. The summed E-state index contributed by atoms with van der Waals surface area (Å²) >= 11 is 0. The van der Waals surface area contributed by atoms with Gasteiger partial charge in [0.25, 0.3) is 0 Å². The molecule has 1 rings (SSSR count). The second-order valence-corrected chi connectivity index (χ2v) is 4.39. The van der Waals surface area contributed by atoms with Crippen molar-refractivity contribution < 1.29 is 4.79 Å². The zero-order chi connectivity index (χ0) is 13.5. The molecule has 0 spiro atoms. The van der Waals surface area contributed by atoms with Crippen LogP contribution < -0.4 is 5.32 Å². The Morgan fingerprint density at radius 2 is 2.17 bits per heavy atom. The molecule has 0 saturated carbocycles. The summed E-state index contributed by atoms with van der Waals surface area (Å²) in [6.07, 6.45) is 4.55. The van der Waals surface area contributed by atoms with Crippen molar-refractivity contribution in [2.24, 2.45) is 7.05 Å². The van der Waals surface area contributed by atoms with Crippen molar-refractivity contribution in [1.82, 2.24) is 19.8 Å². The van der Waals surface area contributed by atoms with Gasteiger partial charge in [-0.3, -0.25) is 4.79 Å². The van der Waals surface area contributed by atoms with Crippen LogP contribution in [0.1, 0.15) is 26.6 Å². The van der Waals surface area contributed by atoms with Crippen LogP contribution in [0.15, 0.2) is 12.4 Å². The number of hydrogen-bond donors (Lipinski definition) is 1. The Hall–Kier alpha value is -1.36. The highest BCUT2D eigenvalue weighted by Crippen LogP contribution is 1.97. The Morgan fingerprint density at radius 3 is 2.67 bits per heavy atom. The van der Waals surface area contributed by atoms with Gasteiger partial charge in [-0.1, -0.05) is 0 Å². The normalized spacial score (nSPS) is 12.4. The molecule has 0 fully saturated rings. The maximum atomic E-state index is 12.0. The fraction of sp³-hybridized carbons (Fsp3) is 0.692. The lowest BCUT2D eigenvalue weighted by Crippen LogP contribution is -2.45. The van der Waals surface area contributed by atoms with E-state index in [-0.39, 0.29) is 11.9 Å². The predicted octanol–water partition coefficient (Wildman–Crippen LogP) is 0.809. The van der Waals surface area contributed by atoms with Gasteiger partial charge in [-0.05, 0) is 20.8 Å². The molecule has 1 aromatic rings. The average Bonchev–Trinajstić information content (AvgIpc) is 2.76. The summed E-state index contributed by atoms with van der Waals surface area (Å²) in [5.74, 6) is 1.20. The second-order valence-electron chi connectivity index (χ2n) is 4.39. The van der Waals surface area contributed by atoms with Gasteiger partial charge in [0.1, 0.15) is 5.82 Å². The molecule has 0 aliphatic heterocycles. The standard InChI is InChI=1S/C13H24N4O/c1-5-17(6-2)13(18)11(3)14-8-7-12-15-9-10-16(12)4/h9-11,14H,5-8H2,1-4H3. The lowest BCUT2D eigenvalue weighted by Gasteiger charge is -2.23. The molecule has 1 amide bonds. The molecule has 0 radical (unpaired) electrons. The minimum absolute atomic E-state index is 0.134. The maximum Gasteiger partial charge on any atom is 0.239 e. The van der Waals surface area contributed by atoms with Gasteiger partial charge in [-0.15, -0.1) is 0 Å². The van der Waals surface area contributed by atoms with Crippen molar-refractivity contribution in [3.8, 4) is 0 Å². The van der Waals surface area contributed by atoms with E-state index in [9.17, 15) is 4.79 Å². The van der Waals surface area contributed by atoms with E-state index < -0.39 is 0 Å². The summed E-state index contributed by atoms with van der Waals surface area (Å²) in [5.41, 5.74) is 0. The Balaban J connectivity index is 2.35. The molecule has 1 aromatic heterocycles. The third-order valence-corrected chi connectivity index (χ3v) is 3.17. The number of carbonyl (C=O) groups is 1. The van der Waals surface area contributed by atoms with Crippen LogP contribution in [0.4, 0.5) is 0 Å². The quantitative estimate of drug-likeness (QED) is 0.781. The Morgan fingerprint density at radius 1 is 1.50 bits per heavy atom. The van der Waals surface area contributed by atoms with Crippen molar-refractivity contribution >= 4 is 5.91 Å². The molecule has 1 atom stereocenters. The van der Waals surface area contributed by atoms with Gasteiger partial charge in [0.2, 0.25) is 5.91 Å². The fourth-order valence-electron chi connectivity index (χ4n) is 1.93. The Bertz CT molecular complexity index is 371. The SMILES string of the molecule is CCN(CC)C(=O)C(C)NCCc1nccn1C. The van der Waals surface area contributed by atoms with Gasteiger partial charge in [0, 0.05) is 45.5 Å². The second kappa shape index (κ2) is 7.16. The molecule has 102 valence electrons. The number of amides is 1. The molecule has 0 saturated heterocycles. The number of hydrogen-bond acceptors (Lipinski definition) is 3. The number of imidazole rings is 1. The molecule has 5 heteroatoms. The molecular formula is C13H24N4O. The molecular weight excluding hydrogens is 228 g/mol. The molecule has 18 heavy (non-hydrogen) atoms. The number of carbonyl (C=O) groups excluding carboxylic acids is 1. The number of nitrogens with zero attached hydrogens (tertiary/aromatic N) is 3. The maximum absolute atomic E-state index is 12.0. The predicted molar refractivity (Wildman–Crippen MR) is 72.3 cm³/mol. The summed E-state index contributed by atoms with van der Waals surface area (Å²) in [4.78, 5) is 18.1. The van der Waals surface area contributed by atoms with E-state index in [4.69, 9.17) is 0 Å². The van der Waals surface area contributed by atoms with E-state index in [1.54, 1.807) is 6.20 Å². The van der Waals surface area contributed by atoms with Crippen molar-refractivity contribution in [3.05, 3.63) is 18.2 Å². The van der Waals surface area contributed by atoms with Crippen LogP contribution in [0.2, 0.25) is 0 Å². The molecule has 0 aliphatic rings. The van der Waals surface area contributed by atoms with Gasteiger partial charge in [-0.25, -0.2) is 4.98 Å². The van der Waals surface area contributed by atoms with Crippen LogP contribution in [-0.2, 0) is 18.3 Å². The van der Waals surface area contributed by atoms with Gasteiger partial charge in [0.05, 0.1) is 6.04 Å². The highest BCUT2D eigenvalue weighted by molar-refractivity contribution is 5.81. The Kier molecular flexibility index (Phi) is 5.85. The van der Waals surface area contributed by atoms with Gasteiger partial charge in [0.15, 0.2) is 0 Å². The first-order valence-corrected chi connectivity index (χ1v) is 6.58. The molecule has 1 N–H and O–H groups in total. The molecule has 0 bridgehead atoms. The minimum atomic E-state index is -0.134. The number of likely N-dealkylation sites (N-methyl/N-ethyl adjacent to an activating group) is 1. The summed E-state index contributed by atoms with van der Waals surface area (Å²) in [6.45, 7) is 8.21. The van der Waals surface area contributed by atoms with Crippen LogP contribution in [0, 0.1) is 0 Å². The first-order valence-electron chi connectivity index (χ1n) is 6.58. The van der Waals surface area contributed by atoms with Crippen LogP contribution in [0.25, 0.3) is 0 Å². The van der Waals surface area contributed by atoms with Crippen molar-refractivity contribution in [2.75, 3.05) is 19.6 Å². The topological polar surface area (TPSA) is 50.2 Å². The smallest absolute Gasteiger partial charge is 0.239 e. The summed E-state index contributed by atoms with van der Waals surface area (Å²) in [5, 5.41) is 3.25. The van der Waals surface area contributed by atoms with Crippen LogP contribution in [0.3, 0.4) is 0 Å². The zero-order valence-corrected chi connectivity index (χ0v) is 11.8. The number of rotatable bonds is 7. The van der Waals surface area contributed by atoms with Gasteiger partial charge in [-0.2, -0.15) is 0 Å². The number of aryl methyl sites for hydroxylation is 1. The molecule has 1 unspecified atom stereocenters. The van der Waals surface area contributed by atoms with E-state index in [0.29, 0.717) is 0 Å². The van der Waals surface area contributed by atoms with Crippen molar-refractivity contribution in [2.45, 2.75) is 33.2 Å². The molecule has 1 heterocycles. The first-order chi connectivity index (χ1) is 8.60. The number of nitrogens with one attached hydrogen (secondary N) is 1. The lowest BCUT2D eigenvalue weighted by atomic mass is 10.2. The summed E-state index contributed by atoms with van der Waals surface area (Å²) < 4.78 is 2.00. The highest BCUT2D eigenvalue weighted by Gasteiger charge is 2.17. The average molecular weight is 252 g/mol. The van der Waals surface area contributed by atoms with Crippen molar-refractivity contribution in [3.63, 3.8) is 0 Å². The molecule has 0 aromatic carbocycles. The first kappa shape index (κ1) is 14.7. The monoisotopic (exact) mass is 252 g/mol.